The molecule has 28 heavy (non-hydrogen) atoms. The third kappa shape index (κ3) is 6.86. The summed E-state index contributed by atoms with van der Waals surface area (Å²) in [6, 6.07) is 14.7. The molecule has 0 atom stereocenters. The third-order valence-electron chi connectivity index (χ3n) is 3.39. The fourth-order valence-electron chi connectivity index (χ4n) is 2.11. The first-order valence-corrected chi connectivity index (χ1v) is 8.96. The molecule has 0 aliphatic carbocycles. The average Bonchev–Trinajstić information content (AvgIpc) is 2.71. The summed E-state index contributed by atoms with van der Waals surface area (Å²) < 4.78 is 10.4. The topological polar surface area (TPSA) is 83.7 Å². The normalized spacial score (nSPS) is 10.1. The molecule has 0 aliphatic rings. The van der Waals surface area contributed by atoms with Crippen LogP contribution in [0.25, 0.3) is 6.08 Å². The van der Waals surface area contributed by atoms with E-state index in [4.69, 9.17) is 33.9 Å². The van der Waals surface area contributed by atoms with E-state index >= 15 is 0 Å². The minimum atomic E-state index is -0.393. The smallest absolute Gasteiger partial charge is 0.250 e. The summed E-state index contributed by atoms with van der Waals surface area (Å²) in [4.78, 5) is 12.0. The fourth-order valence-corrected chi connectivity index (χ4v) is 2.43. The van der Waals surface area contributed by atoms with Gasteiger partial charge in [-0.25, -0.2) is 0 Å². The van der Waals surface area contributed by atoms with Gasteiger partial charge in [0.05, 0.1) is 14.2 Å². The summed E-state index contributed by atoms with van der Waals surface area (Å²) >= 11 is 10.2. The van der Waals surface area contributed by atoms with Crippen molar-refractivity contribution in [3.8, 4) is 11.5 Å². The molecule has 0 spiro atoms. The van der Waals surface area contributed by atoms with Crippen molar-refractivity contribution >= 4 is 52.3 Å². The molecule has 0 heterocycles. The Balaban J connectivity index is 1.79. The molecule has 0 aromatic heterocycles. The average molecular weight is 417 g/mol. The molecule has 1 amide bonds. The monoisotopic (exact) mass is 416 g/mol. The molecule has 146 valence electrons. The number of hydrogen-bond donors (Lipinski definition) is 4. The molecular weight excluding hydrogens is 396 g/mol. The number of nitrogens with one attached hydrogen (secondary N) is 4. The number of hydrazine groups is 1. The largest absolute Gasteiger partial charge is 0.493 e. The number of carbonyl (C=O) groups excluding carboxylic acids is 1. The summed E-state index contributed by atoms with van der Waals surface area (Å²) in [6.07, 6.45) is 2.99. The molecular formula is C19H20N4O3S2. The Hall–Kier alpha value is -3.17. The van der Waals surface area contributed by atoms with Gasteiger partial charge in [0.2, 0.25) is 5.91 Å². The van der Waals surface area contributed by atoms with Crippen LogP contribution >= 0.6 is 24.4 Å². The summed E-state index contributed by atoms with van der Waals surface area (Å²) in [5.74, 6) is 0.794. The van der Waals surface area contributed by atoms with Crippen LogP contribution in [-0.2, 0) is 4.79 Å². The van der Waals surface area contributed by atoms with E-state index in [1.165, 1.54) is 6.08 Å². The van der Waals surface area contributed by atoms with E-state index in [9.17, 15) is 4.79 Å². The van der Waals surface area contributed by atoms with Crippen LogP contribution in [0.5, 0.6) is 11.5 Å². The molecule has 2 aromatic carbocycles. The van der Waals surface area contributed by atoms with Gasteiger partial charge in [-0.3, -0.25) is 21.0 Å². The molecule has 7 nitrogen and oxygen atoms in total. The van der Waals surface area contributed by atoms with Crippen molar-refractivity contribution in [1.82, 2.24) is 16.2 Å². The number of methoxy groups -OCH3 is 2. The number of rotatable bonds is 5. The Labute approximate surface area is 174 Å². The molecule has 2 rings (SSSR count). The van der Waals surface area contributed by atoms with Crippen molar-refractivity contribution in [2.24, 2.45) is 0 Å². The van der Waals surface area contributed by atoms with Crippen molar-refractivity contribution in [2.75, 3.05) is 19.5 Å². The minimum absolute atomic E-state index is 0.0826. The summed E-state index contributed by atoms with van der Waals surface area (Å²) in [5, 5.41) is 5.87. The molecule has 2 aromatic rings. The highest BCUT2D eigenvalue weighted by molar-refractivity contribution is 7.80. The van der Waals surface area contributed by atoms with E-state index in [2.05, 4.69) is 21.5 Å². The highest BCUT2D eigenvalue weighted by Crippen LogP contribution is 2.27. The summed E-state index contributed by atoms with van der Waals surface area (Å²) in [5.41, 5.74) is 6.94. The zero-order valence-electron chi connectivity index (χ0n) is 15.3. The van der Waals surface area contributed by atoms with Gasteiger partial charge < -0.3 is 14.8 Å². The number of thiocarbonyl (C=S) groups is 2. The number of para-hydroxylation sites is 1. The molecule has 0 aliphatic heterocycles. The van der Waals surface area contributed by atoms with E-state index < -0.39 is 5.91 Å². The second-order valence-corrected chi connectivity index (χ2v) is 6.15. The Morgan fingerprint density at radius 1 is 0.929 bits per heavy atom. The van der Waals surface area contributed by atoms with Crippen LogP contribution in [0, 0.1) is 0 Å². The summed E-state index contributed by atoms with van der Waals surface area (Å²) in [7, 11) is 3.11. The van der Waals surface area contributed by atoms with Gasteiger partial charge in [0.15, 0.2) is 21.7 Å². The van der Waals surface area contributed by atoms with Crippen LogP contribution in [0.4, 0.5) is 5.69 Å². The predicted octanol–water partition coefficient (Wildman–Crippen LogP) is 2.61. The zero-order valence-corrected chi connectivity index (χ0v) is 16.9. The SMILES string of the molecule is COc1ccc(/C=C/C(=O)NC(=S)NNC(=S)Nc2ccccc2)cc1OC. The van der Waals surface area contributed by atoms with E-state index in [1.807, 2.05) is 30.3 Å². The Bertz CT molecular complexity index is 873. The second kappa shape index (κ2) is 10.9. The lowest BCUT2D eigenvalue weighted by Crippen LogP contribution is -2.49. The van der Waals surface area contributed by atoms with Crippen LogP contribution in [-0.4, -0.2) is 30.4 Å². The van der Waals surface area contributed by atoms with Gasteiger partial charge >= 0.3 is 0 Å². The van der Waals surface area contributed by atoms with Gasteiger partial charge in [0.25, 0.3) is 0 Å². The van der Waals surface area contributed by atoms with Crippen molar-refractivity contribution < 1.29 is 14.3 Å². The third-order valence-corrected chi connectivity index (χ3v) is 3.80. The number of carbonyl (C=O) groups is 1. The Morgan fingerprint density at radius 2 is 1.61 bits per heavy atom. The van der Waals surface area contributed by atoms with Crippen LogP contribution in [0.1, 0.15) is 5.56 Å². The maximum absolute atomic E-state index is 12.0. The Morgan fingerprint density at radius 3 is 2.29 bits per heavy atom. The first kappa shape index (κ1) is 21.1. The lowest BCUT2D eigenvalue weighted by Gasteiger charge is -2.13. The molecule has 4 N–H and O–H groups in total. The molecule has 9 heteroatoms. The quantitative estimate of drug-likeness (QED) is 0.336. The molecule has 0 saturated heterocycles. The molecule has 0 fully saturated rings. The zero-order chi connectivity index (χ0) is 20.4. The minimum Gasteiger partial charge on any atom is -0.493 e. The number of ether oxygens (including phenoxy) is 2. The van der Waals surface area contributed by atoms with Crippen molar-refractivity contribution in [2.45, 2.75) is 0 Å². The van der Waals surface area contributed by atoms with Crippen molar-refractivity contribution in [3.05, 3.63) is 60.2 Å². The molecule has 0 bridgehead atoms. The van der Waals surface area contributed by atoms with Crippen LogP contribution in [0.15, 0.2) is 54.6 Å². The summed E-state index contributed by atoms with van der Waals surface area (Å²) in [6.45, 7) is 0. The highest BCUT2D eigenvalue weighted by atomic mass is 32.1. The van der Waals surface area contributed by atoms with Crippen LogP contribution < -0.4 is 31.0 Å². The van der Waals surface area contributed by atoms with Crippen molar-refractivity contribution in [1.29, 1.82) is 0 Å². The number of anilines is 1. The van der Waals surface area contributed by atoms with E-state index in [-0.39, 0.29) is 5.11 Å². The van der Waals surface area contributed by atoms with Gasteiger partial charge in [-0.05, 0) is 60.3 Å². The van der Waals surface area contributed by atoms with Gasteiger partial charge in [-0.2, -0.15) is 0 Å². The standard InChI is InChI=1S/C19H20N4O3S2/c1-25-15-10-8-13(12-16(15)26-2)9-11-17(24)21-19(28)23-22-18(27)20-14-6-4-3-5-7-14/h3-12H,1-2H3,(H2,20,22,27)(H2,21,23,24,28)/b11-9+. The van der Waals surface area contributed by atoms with E-state index in [0.29, 0.717) is 16.6 Å². The van der Waals surface area contributed by atoms with E-state index in [1.54, 1.807) is 38.5 Å². The van der Waals surface area contributed by atoms with E-state index in [0.717, 1.165) is 11.3 Å². The molecule has 0 radical (unpaired) electrons. The number of amides is 1. The Kier molecular flexibility index (Phi) is 8.19. The second-order valence-electron chi connectivity index (χ2n) is 5.34. The predicted molar refractivity (Wildman–Crippen MR) is 118 cm³/mol. The maximum Gasteiger partial charge on any atom is 0.250 e. The van der Waals surface area contributed by atoms with Gasteiger partial charge in [0.1, 0.15) is 0 Å². The van der Waals surface area contributed by atoms with Gasteiger partial charge in [0, 0.05) is 11.8 Å². The van der Waals surface area contributed by atoms with Gasteiger partial charge in [-0.15, -0.1) is 0 Å². The highest BCUT2D eigenvalue weighted by Gasteiger charge is 2.04. The number of hydrogen-bond acceptors (Lipinski definition) is 5. The van der Waals surface area contributed by atoms with Crippen molar-refractivity contribution in [3.63, 3.8) is 0 Å². The fraction of sp³-hybridized carbons (Fsp3) is 0.105. The van der Waals surface area contributed by atoms with Gasteiger partial charge in [-0.1, -0.05) is 24.3 Å². The van der Waals surface area contributed by atoms with Crippen LogP contribution in [0.3, 0.4) is 0 Å². The lowest BCUT2D eigenvalue weighted by molar-refractivity contribution is -0.115. The number of benzene rings is 2. The molecule has 0 unspecified atom stereocenters. The molecule has 0 saturated carbocycles. The lowest BCUT2D eigenvalue weighted by atomic mass is 10.2. The first-order valence-electron chi connectivity index (χ1n) is 8.15. The van der Waals surface area contributed by atoms with Crippen LogP contribution in [0.2, 0.25) is 0 Å². The first-order chi connectivity index (χ1) is 13.5. The maximum atomic E-state index is 12.0.